The van der Waals surface area contributed by atoms with Crippen molar-refractivity contribution in [2.45, 2.75) is 19.8 Å². The third-order valence-electron chi connectivity index (χ3n) is 3.26. The van der Waals surface area contributed by atoms with Crippen molar-refractivity contribution in [2.75, 3.05) is 6.61 Å². The monoisotopic (exact) mass is 204 g/mol. The van der Waals surface area contributed by atoms with E-state index in [0.29, 0.717) is 11.5 Å². The van der Waals surface area contributed by atoms with E-state index >= 15 is 0 Å². The highest BCUT2D eigenvalue weighted by atomic mass is 16.5. The Morgan fingerprint density at radius 1 is 1.47 bits per heavy atom. The molecule has 1 aliphatic carbocycles. The van der Waals surface area contributed by atoms with Gasteiger partial charge in [-0.25, -0.2) is 0 Å². The Hall–Kier alpha value is -1.31. The van der Waals surface area contributed by atoms with E-state index in [1.54, 1.807) is 12.1 Å². The van der Waals surface area contributed by atoms with Gasteiger partial charge in [-0.15, -0.1) is 0 Å². The van der Waals surface area contributed by atoms with Crippen LogP contribution in [0.15, 0.2) is 24.3 Å². The van der Waals surface area contributed by atoms with Crippen molar-refractivity contribution in [1.29, 1.82) is 0 Å². The largest absolute Gasteiger partial charge is 0.493 e. The normalized spacial score (nSPS) is 24.3. The molecule has 0 N–H and O–H groups in total. The Morgan fingerprint density at radius 2 is 2.33 bits per heavy atom. The zero-order valence-electron chi connectivity index (χ0n) is 8.98. The lowest BCUT2D eigenvalue weighted by Gasteiger charge is -2.33. The van der Waals surface area contributed by atoms with Crippen molar-refractivity contribution in [2.24, 2.45) is 11.8 Å². The molecule has 0 aliphatic heterocycles. The smallest absolute Gasteiger partial charge is 0.150 e. The summed E-state index contributed by atoms with van der Waals surface area (Å²) in [5.74, 6) is 2.29. The van der Waals surface area contributed by atoms with E-state index < -0.39 is 0 Å². The molecule has 2 atom stereocenters. The first-order chi connectivity index (χ1) is 7.29. The molecule has 0 amide bonds. The van der Waals surface area contributed by atoms with E-state index in [-0.39, 0.29) is 0 Å². The maximum Gasteiger partial charge on any atom is 0.150 e. The fourth-order valence-corrected chi connectivity index (χ4v) is 1.86. The Labute approximate surface area is 90.3 Å². The molecule has 0 aromatic heterocycles. The van der Waals surface area contributed by atoms with Crippen molar-refractivity contribution in [1.82, 2.24) is 0 Å². The molecule has 0 unspecified atom stereocenters. The molecule has 0 saturated heterocycles. The van der Waals surface area contributed by atoms with Gasteiger partial charge >= 0.3 is 0 Å². The molecule has 15 heavy (non-hydrogen) atoms. The van der Waals surface area contributed by atoms with E-state index in [1.807, 2.05) is 12.1 Å². The van der Waals surface area contributed by atoms with E-state index in [2.05, 4.69) is 6.92 Å². The first kappa shape index (κ1) is 10.2. The van der Waals surface area contributed by atoms with Gasteiger partial charge in [-0.05, 0) is 36.8 Å². The molecule has 1 aliphatic rings. The maximum atomic E-state index is 10.6. The number of aldehydes is 1. The molecule has 2 nitrogen and oxygen atoms in total. The van der Waals surface area contributed by atoms with Crippen molar-refractivity contribution in [3.8, 4) is 5.75 Å². The van der Waals surface area contributed by atoms with Gasteiger partial charge in [0.2, 0.25) is 0 Å². The molecular weight excluding hydrogens is 188 g/mol. The number of carbonyl (C=O) groups excluding carboxylic acids is 1. The van der Waals surface area contributed by atoms with Crippen LogP contribution in [0.3, 0.4) is 0 Å². The van der Waals surface area contributed by atoms with Crippen molar-refractivity contribution in [3.05, 3.63) is 29.8 Å². The molecule has 2 rings (SSSR count). The number of benzene rings is 1. The number of ether oxygens (including phenoxy) is 1. The van der Waals surface area contributed by atoms with E-state index in [1.165, 1.54) is 12.8 Å². The van der Waals surface area contributed by atoms with Crippen LogP contribution in [0.1, 0.15) is 30.1 Å². The van der Waals surface area contributed by atoms with Gasteiger partial charge < -0.3 is 4.74 Å². The molecule has 1 aromatic rings. The lowest BCUT2D eigenvalue weighted by atomic mass is 9.75. The second kappa shape index (κ2) is 4.47. The lowest BCUT2D eigenvalue weighted by Crippen LogP contribution is -2.28. The van der Waals surface area contributed by atoms with Crippen LogP contribution in [-0.4, -0.2) is 12.9 Å². The van der Waals surface area contributed by atoms with Crippen LogP contribution in [-0.2, 0) is 0 Å². The van der Waals surface area contributed by atoms with Crippen LogP contribution in [0, 0.1) is 11.8 Å². The summed E-state index contributed by atoms with van der Waals surface area (Å²) in [6, 6.07) is 7.32. The second-order valence-electron chi connectivity index (χ2n) is 4.32. The second-order valence-corrected chi connectivity index (χ2v) is 4.32. The summed E-state index contributed by atoms with van der Waals surface area (Å²) in [6.45, 7) is 3.04. The van der Waals surface area contributed by atoms with Crippen LogP contribution in [0.2, 0.25) is 0 Å². The first-order valence-corrected chi connectivity index (χ1v) is 5.47. The van der Waals surface area contributed by atoms with Gasteiger partial charge in [0.15, 0.2) is 0 Å². The van der Waals surface area contributed by atoms with Gasteiger partial charge in [-0.3, -0.25) is 4.79 Å². The van der Waals surface area contributed by atoms with Crippen LogP contribution < -0.4 is 4.74 Å². The number of carbonyl (C=O) groups is 1. The Bertz CT molecular complexity index is 346. The molecule has 0 radical (unpaired) electrons. The maximum absolute atomic E-state index is 10.6. The Kier molecular flexibility index (Phi) is 3.05. The number of hydrogen-bond donors (Lipinski definition) is 0. The van der Waals surface area contributed by atoms with Gasteiger partial charge in [0.1, 0.15) is 12.0 Å². The predicted octanol–water partition coefficient (Wildman–Crippen LogP) is 2.92. The summed E-state index contributed by atoms with van der Waals surface area (Å²) in [6.07, 6.45) is 3.44. The molecule has 2 heteroatoms. The van der Waals surface area contributed by atoms with Crippen LogP contribution >= 0.6 is 0 Å². The molecule has 80 valence electrons. The molecule has 1 saturated carbocycles. The highest BCUT2D eigenvalue weighted by Gasteiger charge is 2.26. The minimum absolute atomic E-state index is 0.675. The molecule has 0 heterocycles. The fourth-order valence-electron chi connectivity index (χ4n) is 1.86. The van der Waals surface area contributed by atoms with E-state index in [4.69, 9.17) is 4.74 Å². The molecule has 1 fully saturated rings. The lowest BCUT2D eigenvalue weighted by molar-refractivity contribution is 0.111. The third kappa shape index (κ3) is 2.38. The van der Waals surface area contributed by atoms with E-state index in [0.717, 1.165) is 24.6 Å². The average molecular weight is 204 g/mol. The quantitative estimate of drug-likeness (QED) is 0.705. The standard InChI is InChI=1S/C13H16O2/c1-10-5-6-12(10)9-15-13-4-2-3-11(7-13)8-14/h2-4,7-8,10,12H,5-6,9H2,1H3/t10-,12-/m0/s1. The molecule has 0 spiro atoms. The highest BCUT2D eigenvalue weighted by Crippen LogP contribution is 2.33. The Morgan fingerprint density at radius 3 is 2.93 bits per heavy atom. The average Bonchev–Trinajstić information content (AvgIpc) is 2.27. The minimum Gasteiger partial charge on any atom is -0.493 e. The van der Waals surface area contributed by atoms with Crippen LogP contribution in [0.25, 0.3) is 0 Å². The van der Waals surface area contributed by atoms with Crippen molar-refractivity contribution < 1.29 is 9.53 Å². The van der Waals surface area contributed by atoms with Gasteiger partial charge in [0.05, 0.1) is 6.61 Å². The summed E-state index contributed by atoms with van der Waals surface area (Å²) in [5, 5.41) is 0. The zero-order chi connectivity index (χ0) is 10.7. The summed E-state index contributed by atoms with van der Waals surface area (Å²) in [7, 11) is 0. The predicted molar refractivity (Wildman–Crippen MR) is 59.2 cm³/mol. The van der Waals surface area contributed by atoms with Crippen molar-refractivity contribution >= 4 is 6.29 Å². The summed E-state index contributed by atoms with van der Waals surface area (Å²) in [5.41, 5.74) is 0.675. The highest BCUT2D eigenvalue weighted by molar-refractivity contribution is 5.75. The Balaban J connectivity index is 1.89. The van der Waals surface area contributed by atoms with Gasteiger partial charge in [0, 0.05) is 5.56 Å². The summed E-state index contributed by atoms with van der Waals surface area (Å²) in [4.78, 5) is 10.6. The number of rotatable bonds is 4. The minimum atomic E-state index is 0.675. The molecular formula is C13H16O2. The van der Waals surface area contributed by atoms with Crippen molar-refractivity contribution in [3.63, 3.8) is 0 Å². The fraction of sp³-hybridized carbons (Fsp3) is 0.462. The van der Waals surface area contributed by atoms with Gasteiger partial charge in [-0.2, -0.15) is 0 Å². The zero-order valence-corrected chi connectivity index (χ0v) is 8.98. The third-order valence-corrected chi connectivity index (χ3v) is 3.26. The van der Waals surface area contributed by atoms with Gasteiger partial charge in [-0.1, -0.05) is 19.1 Å². The molecule has 0 bridgehead atoms. The summed E-state index contributed by atoms with van der Waals surface area (Å²) >= 11 is 0. The van der Waals surface area contributed by atoms with Crippen LogP contribution in [0.4, 0.5) is 0 Å². The topological polar surface area (TPSA) is 26.3 Å². The first-order valence-electron chi connectivity index (χ1n) is 5.47. The van der Waals surface area contributed by atoms with E-state index in [9.17, 15) is 4.79 Å². The van der Waals surface area contributed by atoms with Crippen LogP contribution in [0.5, 0.6) is 5.75 Å². The SMILES string of the molecule is C[C@H]1CC[C@H]1COc1cccc(C=O)c1. The number of hydrogen-bond acceptors (Lipinski definition) is 2. The van der Waals surface area contributed by atoms with Gasteiger partial charge in [0.25, 0.3) is 0 Å². The molecule has 1 aromatic carbocycles. The summed E-state index contributed by atoms with van der Waals surface area (Å²) < 4.78 is 5.66.